The number of carbonyl (C=O) groups excluding carboxylic acids is 2. The van der Waals surface area contributed by atoms with Crippen LogP contribution < -0.4 is 4.90 Å². The summed E-state index contributed by atoms with van der Waals surface area (Å²) in [5, 5.41) is 29.0. The maximum atomic E-state index is 12.8. The number of carbonyl (C=O) groups is 2. The Balaban J connectivity index is 2.03. The van der Waals surface area contributed by atoms with Gasteiger partial charge in [-0.2, -0.15) is 5.10 Å². The van der Waals surface area contributed by atoms with Crippen molar-refractivity contribution in [2.75, 3.05) is 18.1 Å². The number of amides is 1. The van der Waals surface area contributed by atoms with Crippen molar-refractivity contribution in [3.8, 4) is 0 Å². The number of para-hydroxylation sites is 1. The highest BCUT2D eigenvalue weighted by Gasteiger charge is 2.57. The third-order valence-corrected chi connectivity index (χ3v) is 3.58. The van der Waals surface area contributed by atoms with Crippen molar-refractivity contribution in [1.82, 2.24) is 10.4 Å². The summed E-state index contributed by atoms with van der Waals surface area (Å²) in [6.07, 6.45) is 2.39. The summed E-state index contributed by atoms with van der Waals surface area (Å²) < 4.78 is 4.86. The fourth-order valence-electron chi connectivity index (χ4n) is 2.59. The van der Waals surface area contributed by atoms with Crippen molar-refractivity contribution in [3.05, 3.63) is 29.8 Å². The second kappa shape index (κ2) is 5.91. The molecule has 0 bridgehead atoms. The van der Waals surface area contributed by atoms with Crippen LogP contribution in [-0.4, -0.2) is 58.2 Å². The minimum absolute atomic E-state index is 0.160. The van der Waals surface area contributed by atoms with Gasteiger partial charge in [0.05, 0.1) is 24.7 Å². The quantitative estimate of drug-likeness (QED) is 0.722. The first-order valence-corrected chi connectivity index (χ1v) is 7.15. The molecule has 2 aliphatic rings. The van der Waals surface area contributed by atoms with Crippen LogP contribution in [0.4, 0.5) is 5.69 Å². The van der Waals surface area contributed by atoms with E-state index < -0.39 is 17.6 Å². The predicted molar refractivity (Wildman–Crippen MR) is 81.8 cm³/mol. The third kappa shape index (κ3) is 2.28. The molecular weight excluding hydrogens is 318 g/mol. The molecule has 2 heterocycles. The molecule has 0 aliphatic carbocycles. The molecule has 3 rings (SSSR count). The Morgan fingerprint density at radius 2 is 2.00 bits per heavy atom. The molecule has 1 aromatic carbocycles. The van der Waals surface area contributed by atoms with E-state index in [0.29, 0.717) is 10.8 Å². The lowest BCUT2D eigenvalue weighted by Gasteiger charge is -2.35. The highest BCUT2D eigenvalue weighted by Crippen LogP contribution is 2.43. The van der Waals surface area contributed by atoms with E-state index in [1.165, 1.54) is 18.5 Å². The summed E-state index contributed by atoms with van der Waals surface area (Å²) in [6.45, 7) is 1.44. The minimum Gasteiger partial charge on any atom is -0.465 e. The number of esters is 1. The van der Waals surface area contributed by atoms with Crippen LogP contribution in [-0.2, 0) is 20.1 Å². The minimum atomic E-state index is -2.34. The Morgan fingerprint density at radius 3 is 2.71 bits per heavy atom. The zero-order valence-electron chi connectivity index (χ0n) is 12.7. The summed E-state index contributed by atoms with van der Waals surface area (Å²) in [5.41, 5.74) is -1.87. The Labute approximate surface area is 136 Å². The maximum Gasteiger partial charge on any atom is 0.326 e. The molecule has 1 unspecified atom stereocenters. The number of benzene rings is 1. The third-order valence-electron chi connectivity index (χ3n) is 3.58. The smallest absolute Gasteiger partial charge is 0.326 e. The van der Waals surface area contributed by atoms with Crippen molar-refractivity contribution < 1.29 is 24.6 Å². The fraction of sp³-hybridized carbons (Fsp3) is 0.286. The van der Waals surface area contributed by atoms with E-state index in [0.717, 1.165) is 4.90 Å². The molecule has 0 radical (unpaired) electrons. The molecule has 10 heteroatoms. The van der Waals surface area contributed by atoms with Crippen molar-refractivity contribution in [1.29, 1.82) is 0 Å². The lowest BCUT2D eigenvalue weighted by Crippen LogP contribution is -2.56. The molecule has 2 N–H and O–H groups in total. The number of rotatable bonds is 4. The number of nitrogens with zero attached hydrogens (tertiary/aromatic N) is 5. The van der Waals surface area contributed by atoms with Gasteiger partial charge in [-0.05, 0) is 13.0 Å². The number of anilines is 1. The van der Waals surface area contributed by atoms with Crippen molar-refractivity contribution in [3.63, 3.8) is 0 Å². The van der Waals surface area contributed by atoms with Gasteiger partial charge in [0.25, 0.3) is 11.6 Å². The maximum absolute atomic E-state index is 12.8. The fourth-order valence-corrected chi connectivity index (χ4v) is 2.59. The first kappa shape index (κ1) is 15.9. The van der Waals surface area contributed by atoms with Crippen molar-refractivity contribution in [2.24, 2.45) is 10.2 Å². The first-order chi connectivity index (χ1) is 11.5. The SMILES string of the molecule is CCOC(=O)CN1C(=O)C(O)(N2N=CC=NN2O)c2ccccc21. The van der Waals surface area contributed by atoms with E-state index >= 15 is 0 Å². The van der Waals surface area contributed by atoms with Gasteiger partial charge in [-0.3, -0.25) is 19.7 Å². The summed E-state index contributed by atoms with van der Waals surface area (Å²) in [6, 6.07) is 6.34. The highest BCUT2D eigenvalue weighted by atomic mass is 16.6. The van der Waals surface area contributed by atoms with Gasteiger partial charge in [0.2, 0.25) is 0 Å². The largest absolute Gasteiger partial charge is 0.465 e. The lowest BCUT2D eigenvalue weighted by molar-refractivity contribution is -0.322. The molecule has 126 valence electrons. The van der Waals surface area contributed by atoms with Crippen LogP contribution in [0.25, 0.3) is 0 Å². The van der Waals surface area contributed by atoms with Gasteiger partial charge in [-0.15, -0.1) is 10.2 Å². The number of aliphatic hydroxyl groups is 1. The van der Waals surface area contributed by atoms with E-state index in [-0.39, 0.29) is 24.0 Å². The van der Waals surface area contributed by atoms with Crippen LogP contribution in [0.2, 0.25) is 0 Å². The molecule has 1 aromatic rings. The number of hydrazine groups is 1. The number of ether oxygens (including phenoxy) is 1. The standard InChI is InChI=1S/C14H15N5O5/c1-2-24-12(20)9-17-11-6-4-3-5-10(11)14(22,13(17)21)18-15-7-8-16-19(18)23/h3-8,22-23H,2,9H2,1H3. The predicted octanol–water partition coefficient (Wildman–Crippen LogP) is -0.365. The van der Waals surface area contributed by atoms with E-state index in [4.69, 9.17) is 4.74 Å². The molecule has 0 aromatic heterocycles. The van der Waals surface area contributed by atoms with Crippen LogP contribution in [0.3, 0.4) is 0 Å². The van der Waals surface area contributed by atoms with Gasteiger partial charge in [-0.25, -0.2) is 0 Å². The summed E-state index contributed by atoms with van der Waals surface area (Å²) >= 11 is 0. The van der Waals surface area contributed by atoms with Gasteiger partial charge in [0.15, 0.2) is 0 Å². The van der Waals surface area contributed by atoms with Gasteiger partial charge in [0.1, 0.15) is 6.54 Å². The van der Waals surface area contributed by atoms with Crippen LogP contribution in [0, 0.1) is 0 Å². The second-order valence-corrected chi connectivity index (χ2v) is 4.97. The number of fused-ring (bicyclic) bond motifs is 1. The molecule has 0 fully saturated rings. The average molecular weight is 333 g/mol. The zero-order valence-corrected chi connectivity index (χ0v) is 12.7. The van der Waals surface area contributed by atoms with Crippen LogP contribution in [0.1, 0.15) is 12.5 Å². The average Bonchev–Trinajstić information content (AvgIpc) is 2.79. The summed E-state index contributed by atoms with van der Waals surface area (Å²) in [5.74, 6) is -1.48. The molecule has 10 nitrogen and oxygen atoms in total. The van der Waals surface area contributed by atoms with E-state index in [2.05, 4.69) is 10.2 Å². The molecule has 2 aliphatic heterocycles. The summed E-state index contributed by atoms with van der Waals surface area (Å²) in [7, 11) is 0. The molecule has 1 atom stereocenters. The topological polar surface area (TPSA) is 118 Å². The van der Waals surface area contributed by atoms with Gasteiger partial charge in [-0.1, -0.05) is 23.5 Å². The molecular formula is C14H15N5O5. The van der Waals surface area contributed by atoms with Crippen LogP contribution >= 0.6 is 0 Å². The van der Waals surface area contributed by atoms with E-state index in [1.54, 1.807) is 25.1 Å². The van der Waals surface area contributed by atoms with Crippen molar-refractivity contribution in [2.45, 2.75) is 12.6 Å². The Kier molecular flexibility index (Phi) is 3.91. The number of hydrazone groups is 2. The van der Waals surface area contributed by atoms with Crippen LogP contribution in [0.15, 0.2) is 34.5 Å². The second-order valence-electron chi connectivity index (χ2n) is 4.97. The lowest BCUT2D eigenvalue weighted by atomic mass is 10.1. The molecule has 0 spiro atoms. The first-order valence-electron chi connectivity index (χ1n) is 7.15. The Bertz CT molecular complexity index is 736. The van der Waals surface area contributed by atoms with Crippen molar-refractivity contribution >= 4 is 30.0 Å². The molecule has 24 heavy (non-hydrogen) atoms. The number of hydrogen-bond acceptors (Lipinski definition) is 9. The monoisotopic (exact) mass is 333 g/mol. The van der Waals surface area contributed by atoms with Crippen LogP contribution in [0.5, 0.6) is 0 Å². The van der Waals surface area contributed by atoms with Gasteiger partial charge >= 0.3 is 5.97 Å². The zero-order chi connectivity index (χ0) is 17.3. The number of hydrogen-bond donors (Lipinski definition) is 2. The Morgan fingerprint density at radius 1 is 1.29 bits per heavy atom. The molecule has 0 saturated carbocycles. The van der Waals surface area contributed by atoms with Gasteiger partial charge in [0, 0.05) is 5.56 Å². The molecule has 1 amide bonds. The van der Waals surface area contributed by atoms with Gasteiger partial charge < -0.3 is 9.84 Å². The molecule has 0 saturated heterocycles. The summed E-state index contributed by atoms with van der Waals surface area (Å²) in [4.78, 5) is 25.7. The van der Waals surface area contributed by atoms with E-state index in [9.17, 15) is 19.9 Å². The van der Waals surface area contributed by atoms with E-state index in [1.807, 2.05) is 0 Å². The highest BCUT2D eigenvalue weighted by molar-refractivity contribution is 6.16. The Hall–Kier alpha value is -2.98. The normalized spacial score (nSPS) is 22.1.